The molecule has 3 aliphatic heterocycles. The second-order valence-corrected chi connectivity index (χ2v) is 22.8. The molecule has 0 spiro atoms. The van der Waals surface area contributed by atoms with Crippen molar-refractivity contribution in [3.63, 3.8) is 0 Å². The van der Waals surface area contributed by atoms with Gasteiger partial charge in [0, 0.05) is 60.0 Å². The van der Waals surface area contributed by atoms with E-state index < -0.39 is 0 Å². The van der Waals surface area contributed by atoms with Gasteiger partial charge in [0.15, 0.2) is 0 Å². The number of benzene rings is 7. The summed E-state index contributed by atoms with van der Waals surface area (Å²) in [6.45, 7) is 21.8. The molecule has 12 rings (SSSR count). The first-order chi connectivity index (χ1) is 30.7. The van der Waals surface area contributed by atoms with E-state index in [0.29, 0.717) is 0 Å². The maximum atomic E-state index is 2.90. The highest BCUT2D eigenvalue weighted by atomic mass is 32.1. The number of hydrogen-bond acceptors (Lipinski definition) is 4. The van der Waals surface area contributed by atoms with Crippen LogP contribution < -0.4 is 31.1 Å². The van der Waals surface area contributed by atoms with E-state index in [2.05, 4.69) is 217 Å². The van der Waals surface area contributed by atoms with Crippen LogP contribution in [0.1, 0.15) is 103 Å². The van der Waals surface area contributed by atoms with E-state index in [1.165, 1.54) is 107 Å². The van der Waals surface area contributed by atoms with Gasteiger partial charge in [-0.15, -0.1) is 11.3 Å². The molecule has 7 aromatic carbocycles. The predicted molar refractivity (Wildman–Crippen MR) is 278 cm³/mol. The van der Waals surface area contributed by atoms with E-state index in [9.17, 15) is 0 Å². The maximum Gasteiger partial charge on any atom is 0.254 e. The number of thiophene rings is 1. The molecule has 64 heavy (non-hydrogen) atoms. The molecule has 2 atom stereocenters. The van der Waals surface area contributed by atoms with Crippen molar-refractivity contribution in [2.24, 2.45) is 0 Å². The van der Waals surface area contributed by atoms with Gasteiger partial charge in [-0.2, -0.15) is 0 Å². The van der Waals surface area contributed by atoms with E-state index in [1.807, 2.05) is 11.3 Å². The van der Waals surface area contributed by atoms with Crippen molar-refractivity contribution < 1.29 is 0 Å². The normalized spacial score (nSPS) is 19.7. The van der Waals surface area contributed by atoms with Crippen LogP contribution in [0.3, 0.4) is 0 Å². The van der Waals surface area contributed by atoms with Crippen molar-refractivity contribution in [2.75, 3.05) is 14.7 Å². The molecule has 4 aliphatic rings. The van der Waals surface area contributed by atoms with Crippen LogP contribution in [0, 0.1) is 6.92 Å². The number of nitrogens with zero attached hydrogens (tertiary/aromatic N) is 3. The summed E-state index contributed by atoms with van der Waals surface area (Å²) >= 11 is 1.99. The Kier molecular flexibility index (Phi) is 8.47. The second kappa shape index (κ2) is 13.6. The third-order valence-electron chi connectivity index (χ3n) is 16.0. The van der Waals surface area contributed by atoms with Crippen LogP contribution in [0.25, 0.3) is 20.2 Å². The third-order valence-corrected chi connectivity index (χ3v) is 17.2. The summed E-state index contributed by atoms with van der Waals surface area (Å²) in [6, 6.07) is 53.6. The van der Waals surface area contributed by atoms with Crippen LogP contribution in [0.2, 0.25) is 0 Å². The molecule has 3 nitrogen and oxygen atoms in total. The number of anilines is 8. The summed E-state index contributed by atoms with van der Waals surface area (Å²) < 4.78 is 2.76. The molecule has 5 heteroatoms. The van der Waals surface area contributed by atoms with Crippen LogP contribution in [0.5, 0.6) is 0 Å². The zero-order valence-electron chi connectivity index (χ0n) is 38.9. The SMILES string of the molecule is Cc1cc(C(C)(C)C)ccc1N1c2cc(N(c3ccccc3)c3ccccc3)cc3c2B(c2cc(C(C)(C)C)cc4c2N3C2(C)CCCCC42C)c2c1ccc1c2sc2ccccc21. The van der Waals surface area contributed by atoms with Gasteiger partial charge < -0.3 is 14.7 Å². The van der Waals surface area contributed by atoms with Gasteiger partial charge in [0.05, 0.1) is 11.2 Å². The highest BCUT2D eigenvalue weighted by Crippen LogP contribution is 2.63. The van der Waals surface area contributed by atoms with Gasteiger partial charge >= 0.3 is 0 Å². The van der Waals surface area contributed by atoms with Crippen molar-refractivity contribution in [3.05, 3.63) is 162 Å². The van der Waals surface area contributed by atoms with Gasteiger partial charge in [-0.05, 0) is 136 Å². The summed E-state index contributed by atoms with van der Waals surface area (Å²) in [4.78, 5) is 8.06. The molecule has 318 valence electrons. The van der Waals surface area contributed by atoms with Crippen molar-refractivity contribution in [1.29, 1.82) is 0 Å². The zero-order chi connectivity index (χ0) is 44.1. The fourth-order valence-electron chi connectivity index (χ4n) is 12.4. The quantitative estimate of drug-likeness (QED) is 0.163. The lowest BCUT2D eigenvalue weighted by Gasteiger charge is -2.53. The summed E-state index contributed by atoms with van der Waals surface area (Å²) in [5.74, 6) is 0. The minimum atomic E-state index is -0.112. The third kappa shape index (κ3) is 5.46. The zero-order valence-corrected chi connectivity index (χ0v) is 39.8. The first-order valence-electron chi connectivity index (χ1n) is 23.6. The van der Waals surface area contributed by atoms with Gasteiger partial charge in [-0.1, -0.05) is 146 Å². The van der Waals surface area contributed by atoms with E-state index in [1.54, 1.807) is 5.56 Å². The van der Waals surface area contributed by atoms with E-state index in [-0.39, 0.29) is 28.5 Å². The summed E-state index contributed by atoms with van der Waals surface area (Å²) in [6.07, 6.45) is 4.84. The minimum Gasteiger partial charge on any atom is -0.335 e. The molecule has 2 unspecified atom stereocenters. The molecule has 1 saturated carbocycles. The van der Waals surface area contributed by atoms with Crippen LogP contribution in [-0.2, 0) is 16.2 Å². The second-order valence-electron chi connectivity index (χ2n) is 21.8. The monoisotopic (exact) mass is 851 g/mol. The summed E-state index contributed by atoms with van der Waals surface area (Å²) in [5, 5.41) is 2.71. The van der Waals surface area contributed by atoms with Crippen molar-refractivity contribution in [3.8, 4) is 0 Å². The molecule has 0 N–H and O–H groups in total. The van der Waals surface area contributed by atoms with Crippen LogP contribution in [0.4, 0.5) is 45.5 Å². The molecular weight excluding hydrogens is 794 g/mol. The van der Waals surface area contributed by atoms with Crippen LogP contribution in [-0.4, -0.2) is 12.3 Å². The molecule has 8 aromatic rings. The van der Waals surface area contributed by atoms with Crippen molar-refractivity contribution in [2.45, 2.75) is 110 Å². The molecule has 1 aliphatic carbocycles. The maximum absolute atomic E-state index is 2.90. The lowest BCUT2D eigenvalue weighted by molar-refractivity contribution is 0.195. The van der Waals surface area contributed by atoms with Crippen LogP contribution >= 0.6 is 11.3 Å². The number of aryl methyl sites for hydroxylation is 1. The van der Waals surface area contributed by atoms with Crippen molar-refractivity contribution >= 4 is 100 Å². The Hall–Kier alpha value is -5.78. The summed E-state index contributed by atoms with van der Waals surface area (Å²) in [5.41, 5.74) is 20.0. The number of fused-ring (bicyclic) bond motifs is 11. The average Bonchev–Trinajstić information content (AvgIpc) is 3.76. The first kappa shape index (κ1) is 39.8. The van der Waals surface area contributed by atoms with Gasteiger partial charge in [0.1, 0.15) is 0 Å². The standard InChI is InChI=1S/C59H58BN3S/c1-37-32-38(56(2,3)4)26-28-47(37)62-48-29-27-44-43-24-16-17-25-51(43)64-55(44)53(48)60-46-34-39(57(5,6)7)33-45-54(46)63(59(9)31-19-18-30-58(45,59)8)50-36-42(35-49(62)52(50)60)61(40-20-12-10-13-21-40)41-22-14-11-15-23-41/h10-17,20-29,32-36H,18-19,30-31H2,1-9H3. The molecular formula is C59H58BN3S. The fourth-order valence-corrected chi connectivity index (χ4v) is 13.7. The number of para-hydroxylation sites is 2. The Morgan fingerprint density at radius 2 is 1.22 bits per heavy atom. The first-order valence-corrected chi connectivity index (χ1v) is 24.4. The highest BCUT2D eigenvalue weighted by molar-refractivity contribution is 7.28. The van der Waals surface area contributed by atoms with E-state index in [4.69, 9.17) is 0 Å². The molecule has 1 fully saturated rings. The van der Waals surface area contributed by atoms with Gasteiger partial charge in [-0.3, -0.25) is 0 Å². The largest absolute Gasteiger partial charge is 0.335 e. The Bertz CT molecular complexity index is 3170. The fraction of sp³-hybridized carbons (Fsp3) is 0.288. The van der Waals surface area contributed by atoms with E-state index >= 15 is 0 Å². The molecule has 0 bridgehead atoms. The molecule has 0 amide bonds. The van der Waals surface area contributed by atoms with Gasteiger partial charge in [-0.25, -0.2) is 0 Å². The molecule has 1 aromatic heterocycles. The lowest BCUT2D eigenvalue weighted by Crippen LogP contribution is -2.64. The molecule has 4 heterocycles. The number of rotatable bonds is 4. The van der Waals surface area contributed by atoms with Crippen LogP contribution in [0.15, 0.2) is 140 Å². The Balaban J connectivity index is 1.27. The topological polar surface area (TPSA) is 9.72 Å². The average molecular weight is 852 g/mol. The minimum absolute atomic E-state index is 0.0156. The molecule has 0 radical (unpaired) electrons. The Morgan fingerprint density at radius 1 is 0.578 bits per heavy atom. The Labute approximate surface area is 384 Å². The predicted octanol–water partition coefficient (Wildman–Crippen LogP) is 14.8. The highest BCUT2D eigenvalue weighted by Gasteiger charge is 2.62. The number of hydrogen-bond donors (Lipinski definition) is 0. The van der Waals surface area contributed by atoms with Gasteiger partial charge in [0.2, 0.25) is 0 Å². The van der Waals surface area contributed by atoms with Gasteiger partial charge in [0.25, 0.3) is 6.71 Å². The molecule has 0 saturated heterocycles. The van der Waals surface area contributed by atoms with Crippen molar-refractivity contribution in [1.82, 2.24) is 0 Å². The smallest absolute Gasteiger partial charge is 0.254 e. The Morgan fingerprint density at radius 3 is 1.91 bits per heavy atom. The summed E-state index contributed by atoms with van der Waals surface area (Å²) in [7, 11) is 0. The lowest BCUT2D eigenvalue weighted by atomic mass is 9.33. The van der Waals surface area contributed by atoms with E-state index in [0.717, 1.165) is 17.8 Å².